The quantitative estimate of drug-likeness (QED) is 0.506. The van der Waals surface area contributed by atoms with Crippen LogP contribution in [0.2, 0.25) is 0 Å². The normalized spacial score (nSPS) is 17.2. The van der Waals surface area contributed by atoms with Gasteiger partial charge in [-0.1, -0.05) is 18.2 Å². The van der Waals surface area contributed by atoms with Crippen molar-refractivity contribution in [1.29, 1.82) is 5.26 Å². The van der Waals surface area contributed by atoms with Crippen LogP contribution in [-0.2, 0) is 11.2 Å². The maximum absolute atomic E-state index is 12.6. The number of nitriles is 1. The van der Waals surface area contributed by atoms with Crippen LogP contribution in [0.25, 0.3) is 21.0 Å². The predicted molar refractivity (Wildman–Crippen MR) is 142 cm³/mol. The number of hydrogen-bond donors (Lipinski definition) is 2. The molecule has 0 bridgehead atoms. The second-order valence-electron chi connectivity index (χ2n) is 9.50. The van der Waals surface area contributed by atoms with Gasteiger partial charge in [-0.3, -0.25) is 4.79 Å². The molecule has 1 aromatic heterocycles. The zero-order valence-electron chi connectivity index (χ0n) is 20.7. The number of nitrogens with zero attached hydrogens (tertiary/aromatic N) is 3. The molecule has 0 unspecified atom stereocenters. The highest BCUT2D eigenvalue weighted by Gasteiger charge is 2.27. The molecule has 1 fully saturated rings. The third kappa shape index (κ3) is 5.14. The van der Waals surface area contributed by atoms with E-state index in [4.69, 9.17) is 4.74 Å². The second-order valence-corrected chi connectivity index (χ2v) is 10.5. The van der Waals surface area contributed by atoms with Crippen LogP contribution in [0.4, 0.5) is 0 Å². The highest BCUT2D eigenvalue weighted by atomic mass is 32.1. The van der Waals surface area contributed by atoms with Crippen LogP contribution in [0.5, 0.6) is 5.75 Å². The molecular formula is C28H31N5O2S. The van der Waals surface area contributed by atoms with Crippen LogP contribution in [0.3, 0.4) is 0 Å². The van der Waals surface area contributed by atoms with Crippen molar-refractivity contribution in [2.24, 2.45) is 0 Å². The molecular weight excluding hydrogens is 470 g/mol. The minimum atomic E-state index is 0.00750. The van der Waals surface area contributed by atoms with Crippen LogP contribution in [0.1, 0.15) is 43.0 Å². The van der Waals surface area contributed by atoms with Crippen molar-refractivity contribution in [3.63, 3.8) is 0 Å². The largest absolute Gasteiger partial charge is 0.490 e. The average molecular weight is 502 g/mol. The van der Waals surface area contributed by atoms with Gasteiger partial charge in [0.1, 0.15) is 16.8 Å². The number of carbonyl (C=O) groups excluding carboxylic acids is 1. The van der Waals surface area contributed by atoms with Gasteiger partial charge >= 0.3 is 0 Å². The van der Waals surface area contributed by atoms with Crippen LogP contribution in [0, 0.1) is 11.3 Å². The summed E-state index contributed by atoms with van der Waals surface area (Å²) in [6, 6.07) is 14.5. The van der Waals surface area contributed by atoms with Crippen molar-refractivity contribution in [2.75, 3.05) is 32.7 Å². The first-order valence-electron chi connectivity index (χ1n) is 12.5. The standard InChI is InChI=1S/C28H31N5O2S/c1-18(2)35-25-9-6-19(14-20(25)15-29)28-32-16-26(36-28)23-5-3-4-22-21(23)7-8-24(22)31-17-27(34)33-12-10-30-11-13-33/h3-6,9,14,16,18,24,30-31H,7-8,10-13,17H2,1-2H3/t24-/m1/s1. The monoisotopic (exact) mass is 501 g/mol. The van der Waals surface area contributed by atoms with Gasteiger partial charge in [-0.05, 0) is 61.6 Å². The van der Waals surface area contributed by atoms with Crippen molar-refractivity contribution in [2.45, 2.75) is 38.8 Å². The lowest BCUT2D eigenvalue weighted by Crippen LogP contribution is -2.49. The van der Waals surface area contributed by atoms with Gasteiger partial charge in [-0.2, -0.15) is 5.26 Å². The summed E-state index contributed by atoms with van der Waals surface area (Å²) in [7, 11) is 0. The summed E-state index contributed by atoms with van der Waals surface area (Å²) in [5, 5.41) is 17.3. The molecule has 1 amide bonds. The van der Waals surface area contributed by atoms with Crippen molar-refractivity contribution in [3.05, 3.63) is 59.3 Å². The number of piperazine rings is 1. The molecule has 0 saturated carbocycles. The van der Waals surface area contributed by atoms with Crippen molar-refractivity contribution in [1.82, 2.24) is 20.5 Å². The number of hydrogen-bond acceptors (Lipinski definition) is 7. The van der Waals surface area contributed by atoms with Gasteiger partial charge in [0, 0.05) is 44.0 Å². The third-order valence-electron chi connectivity index (χ3n) is 6.72. The zero-order chi connectivity index (χ0) is 25.1. The minimum Gasteiger partial charge on any atom is -0.490 e. The van der Waals surface area contributed by atoms with Crippen molar-refractivity contribution >= 4 is 17.2 Å². The summed E-state index contributed by atoms with van der Waals surface area (Å²) in [6.45, 7) is 7.57. The Morgan fingerprint density at radius 3 is 2.92 bits per heavy atom. The molecule has 8 heteroatoms. The molecule has 0 radical (unpaired) electrons. The number of rotatable bonds is 7. The fraction of sp³-hybridized carbons (Fsp3) is 0.393. The lowest BCUT2D eigenvalue weighted by Gasteiger charge is -2.28. The fourth-order valence-corrected chi connectivity index (χ4v) is 5.94. The first kappa shape index (κ1) is 24.4. The summed E-state index contributed by atoms with van der Waals surface area (Å²) in [6.07, 6.45) is 3.89. The minimum absolute atomic E-state index is 0.00750. The molecule has 2 aromatic carbocycles. The second kappa shape index (κ2) is 10.8. The third-order valence-corrected chi connectivity index (χ3v) is 7.80. The van der Waals surface area contributed by atoms with E-state index in [9.17, 15) is 10.1 Å². The van der Waals surface area contributed by atoms with Crippen LogP contribution in [-0.4, -0.2) is 54.6 Å². The van der Waals surface area contributed by atoms with Gasteiger partial charge in [-0.15, -0.1) is 11.3 Å². The van der Waals surface area contributed by atoms with Gasteiger partial charge < -0.3 is 20.3 Å². The molecule has 1 saturated heterocycles. The Kier molecular flexibility index (Phi) is 7.33. The van der Waals surface area contributed by atoms with Crippen LogP contribution < -0.4 is 15.4 Å². The molecule has 3 aromatic rings. The Hall–Kier alpha value is -3.25. The molecule has 0 spiro atoms. The maximum atomic E-state index is 12.6. The topological polar surface area (TPSA) is 90.3 Å². The lowest BCUT2D eigenvalue weighted by atomic mass is 10.0. The summed E-state index contributed by atoms with van der Waals surface area (Å²) in [5.74, 6) is 0.776. The van der Waals surface area contributed by atoms with E-state index < -0.39 is 0 Å². The number of carbonyl (C=O) groups is 1. The summed E-state index contributed by atoms with van der Waals surface area (Å²) in [5.41, 5.74) is 5.24. The van der Waals surface area contributed by atoms with E-state index >= 15 is 0 Å². The van der Waals surface area contributed by atoms with E-state index in [1.165, 1.54) is 16.7 Å². The molecule has 7 nitrogen and oxygen atoms in total. The summed E-state index contributed by atoms with van der Waals surface area (Å²) >= 11 is 1.63. The first-order chi connectivity index (χ1) is 17.5. The SMILES string of the molecule is CC(C)Oc1ccc(-c2ncc(-c3cccc4c3CC[C@H]4NCC(=O)N3CCNCC3)s2)cc1C#N. The van der Waals surface area contributed by atoms with Gasteiger partial charge in [-0.25, -0.2) is 4.98 Å². The summed E-state index contributed by atoms with van der Waals surface area (Å²) < 4.78 is 5.76. The van der Waals surface area contributed by atoms with Gasteiger partial charge in [0.05, 0.1) is 23.1 Å². The number of ether oxygens (including phenoxy) is 1. The Labute approximate surface area is 216 Å². The van der Waals surface area contributed by atoms with Gasteiger partial charge in [0.2, 0.25) is 5.91 Å². The Morgan fingerprint density at radius 1 is 1.31 bits per heavy atom. The van der Waals surface area contributed by atoms with Crippen molar-refractivity contribution < 1.29 is 9.53 Å². The predicted octanol–water partition coefficient (Wildman–Crippen LogP) is 4.14. The van der Waals surface area contributed by atoms with E-state index in [1.54, 1.807) is 11.3 Å². The van der Waals surface area contributed by atoms with E-state index in [0.717, 1.165) is 54.5 Å². The fourth-order valence-electron chi connectivity index (χ4n) is 4.97. The zero-order valence-corrected chi connectivity index (χ0v) is 21.5. The number of benzene rings is 2. The number of thiazole rings is 1. The Balaban J connectivity index is 1.32. The summed E-state index contributed by atoms with van der Waals surface area (Å²) in [4.78, 5) is 20.3. The van der Waals surface area contributed by atoms with E-state index in [1.807, 2.05) is 43.1 Å². The van der Waals surface area contributed by atoms with Gasteiger partial charge in [0.15, 0.2) is 0 Å². The lowest BCUT2D eigenvalue weighted by molar-refractivity contribution is -0.130. The van der Waals surface area contributed by atoms with Crippen LogP contribution >= 0.6 is 11.3 Å². The molecule has 1 atom stereocenters. The molecule has 36 heavy (non-hydrogen) atoms. The molecule has 2 aliphatic rings. The maximum Gasteiger partial charge on any atom is 0.236 e. The Bertz CT molecular complexity index is 1290. The number of fused-ring (bicyclic) bond motifs is 1. The highest BCUT2D eigenvalue weighted by molar-refractivity contribution is 7.18. The van der Waals surface area contributed by atoms with E-state index in [0.29, 0.717) is 17.9 Å². The number of amides is 1. The smallest absolute Gasteiger partial charge is 0.236 e. The van der Waals surface area contributed by atoms with Crippen LogP contribution in [0.15, 0.2) is 42.6 Å². The number of aromatic nitrogens is 1. The molecule has 186 valence electrons. The first-order valence-corrected chi connectivity index (χ1v) is 13.4. The average Bonchev–Trinajstić information content (AvgIpc) is 3.55. The Morgan fingerprint density at radius 2 is 2.14 bits per heavy atom. The highest BCUT2D eigenvalue weighted by Crippen LogP contribution is 2.41. The molecule has 2 heterocycles. The molecule has 2 N–H and O–H groups in total. The molecule has 1 aliphatic heterocycles. The van der Waals surface area contributed by atoms with Gasteiger partial charge in [0.25, 0.3) is 0 Å². The number of nitrogens with one attached hydrogen (secondary N) is 2. The molecule has 1 aliphatic carbocycles. The molecule has 5 rings (SSSR count). The van der Waals surface area contributed by atoms with E-state index in [-0.39, 0.29) is 18.1 Å². The van der Waals surface area contributed by atoms with E-state index in [2.05, 4.69) is 39.9 Å². The van der Waals surface area contributed by atoms with Crippen molar-refractivity contribution in [3.8, 4) is 32.8 Å².